The lowest BCUT2D eigenvalue weighted by atomic mass is 10.1. The molecule has 0 bridgehead atoms. The molecule has 2 heterocycles. The predicted octanol–water partition coefficient (Wildman–Crippen LogP) is 6.04. The van der Waals surface area contributed by atoms with Gasteiger partial charge >= 0.3 is 0 Å². The van der Waals surface area contributed by atoms with Gasteiger partial charge in [0.05, 0.1) is 26.0 Å². The summed E-state index contributed by atoms with van der Waals surface area (Å²) in [5, 5.41) is 5.58. The van der Waals surface area contributed by atoms with Crippen LogP contribution >= 0.6 is 0 Å². The Morgan fingerprint density at radius 1 is 0.879 bits per heavy atom. The number of fused-ring (bicyclic) bond motifs is 2. The molecule has 1 amide bonds. The van der Waals surface area contributed by atoms with Gasteiger partial charge in [0.2, 0.25) is 0 Å². The van der Waals surface area contributed by atoms with Crippen LogP contribution in [0.25, 0.3) is 21.7 Å². The summed E-state index contributed by atoms with van der Waals surface area (Å²) < 4.78 is 22.2. The third kappa shape index (κ3) is 4.04. The highest BCUT2D eigenvalue weighted by molar-refractivity contribution is 6.03. The van der Waals surface area contributed by atoms with Crippen molar-refractivity contribution in [1.82, 2.24) is 4.98 Å². The number of hydrogen-bond acceptors (Lipinski definition) is 6. The topological polar surface area (TPSA) is 82.8 Å². The minimum Gasteiger partial charge on any atom is -0.493 e. The highest BCUT2D eigenvalue weighted by Gasteiger charge is 2.12. The monoisotopic (exact) mass is 440 g/mol. The number of aromatic nitrogens is 1. The quantitative estimate of drug-likeness (QED) is 0.346. The first kappa shape index (κ1) is 20.4. The number of carbonyl (C=O) groups is 1. The van der Waals surface area contributed by atoms with Crippen LogP contribution in [0.5, 0.6) is 23.0 Å². The van der Waals surface area contributed by atoms with Crippen molar-refractivity contribution in [1.29, 1.82) is 0 Å². The highest BCUT2D eigenvalue weighted by atomic mass is 16.5. The lowest BCUT2D eigenvalue weighted by Crippen LogP contribution is -2.10. The van der Waals surface area contributed by atoms with Crippen molar-refractivity contribution in [3.05, 3.63) is 85.0 Å². The molecule has 0 atom stereocenters. The van der Waals surface area contributed by atoms with E-state index >= 15 is 0 Å². The van der Waals surface area contributed by atoms with Gasteiger partial charge in [0, 0.05) is 23.3 Å². The van der Waals surface area contributed by atoms with E-state index in [4.69, 9.17) is 18.6 Å². The van der Waals surface area contributed by atoms with E-state index in [2.05, 4.69) is 10.3 Å². The van der Waals surface area contributed by atoms with Crippen LogP contribution in [-0.2, 0) is 0 Å². The maximum Gasteiger partial charge on any atom is 0.291 e. The minimum atomic E-state index is -0.306. The largest absolute Gasteiger partial charge is 0.493 e. The second-order valence-corrected chi connectivity index (χ2v) is 7.29. The van der Waals surface area contributed by atoms with E-state index in [1.165, 1.54) is 6.26 Å². The van der Waals surface area contributed by atoms with Gasteiger partial charge in [-0.2, -0.15) is 0 Å². The Kier molecular flexibility index (Phi) is 5.28. The summed E-state index contributed by atoms with van der Waals surface area (Å²) in [6.45, 7) is 0. The van der Waals surface area contributed by atoms with Crippen LogP contribution in [-0.4, -0.2) is 25.1 Å². The third-order valence-corrected chi connectivity index (χ3v) is 5.25. The van der Waals surface area contributed by atoms with Crippen molar-refractivity contribution in [3.63, 3.8) is 0 Å². The van der Waals surface area contributed by atoms with Gasteiger partial charge in [-0.25, -0.2) is 0 Å². The number of furan rings is 1. The van der Waals surface area contributed by atoms with Gasteiger partial charge in [-0.1, -0.05) is 12.1 Å². The summed E-state index contributed by atoms with van der Waals surface area (Å²) in [4.78, 5) is 16.7. The van der Waals surface area contributed by atoms with Crippen molar-refractivity contribution < 1.29 is 23.4 Å². The fourth-order valence-electron chi connectivity index (χ4n) is 3.63. The average Bonchev–Trinajstić information content (AvgIpc) is 3.38. The van der Waals surface area contributed by atoms with Crippen molar-refractivity contribution >= 4 is 33.3 Å². The first-order chi connectivity index (χ1) is 16.1. The smallest absolute Gasteiger partial charge is 0.291 e. The van der Waals surface area contributed by atoms with Crippen molar-refractivity contribution in [2.75, 3.05) is 19.5 Å². The summed E-state index contributed by atoms with van der Waals surface area (Å²) in [5.41, 5.74) is 1.39. The number of benzene rings is 3. The molecule has 3 aromatic carbocycles. The first-order valence-electron chi connectivity index (χ1n) is 10.2. The lowest BCUT2D eigenvalue weighted by molar-refractivity contribution is 0.0996. The molecule has 1 N–H and O–H groups in total. The molecule has 0 spiro atoms. The number of ether oxygens (including phenoxy) is 3. The Bertz CT molecular complexity index is 1460. The summed E-state index contributed by atoms with van der Waals surface area (Å²) >= 11 is 0. The maximum absolute atomic E-state index is 12.3. The van der Waals surface area contributed by atoms with Crippen LogP contribution in [0.2, 0.25) is 0 Å². The van der Waals surface area contributed by atoms with Gasteiger partial charge in [0.15, 0.2) is 17.3 Å². The molecule has 5 aromatic rings. The van der Waals surface area contributed by atoms with E-state index in [9.17, 15) is 4.79 Å². The van der Waals surface area contributed by atoms with E-state index in [-0.39, 0.29) is 11.7 Å². The number of carbonyl (C=O) groups excluding carboxylic acids is 1. The van der Waals surface area contributed by atoms with E-state index in [1.807, 2.05) is 48.5 Å². The standard InChI is InChI=1S/C26H20N2O5/c1-30-24-14-20-21(15-25(24)31-2)27-10-9-22(20)33-19-8-6-16-5-7-18(12-17(16)13-19)28-26(29)23-4-3-11-32-23/h3-15H,1-2H3,(H,28,29). The third-order valence-electron chi connectivity index (χ3n) is 5.25. The normalized spacial score (nSPS) is 10.8. The molecule has 0 fully saturated rings. The Labute approximate surface area is 189 Å². The Hall–Kier alpha value is -4.52. The number of nitrogens with one attached hydrogen (secondary N) is 1. The second kappa shape index (κ2) is 8.55. The first-order valence-corrected chi connectivity index (χ1v) is 10.2. The number of amides is 1. The van der Waals surface area contributed by atoms with Gasteiger partial charge < -0.3 is 23.9 Å². The summed E-state index contributed by atoms with van der Waals surface area (Å²) in [6, 6.07) is 20.2. The molecule has 7 nitrogen and oxygen atoms in total. The number of nitrogens with zero attached hydrogens (tertiary/aromatic N) is 1. The zero-order valence-electron chi connectivity index (χ0n) is 18.0. The molecule has 0 saturated carbocycles. The van der Waals surface area contributed by atoms with Gasteiger partial charge in [0.1, 0.15) is 11.5 Å². The molecule has 0 aliphatic heterocycles. The summed E-state index contributed by atoms with van der Waals surface area (Å²) in [6.07, 6.45) is 3.15. The molecule has 0 unspecified atom stereocenters. The molecule has 0 radical (unpaired) electrons. The molecule has 164 valence electrons. The lowest BCUT2D eigenvalue weighted by Gasteiger charge is -2.13. The van der Waals surface area contributed by atoms with E-state index in [0.29, 0.717) is 28.7 Å². The zero-order chi connectivity index (χ0) is 22.8. The van der Waals surface area contributed by atoms with Gasteiger partial charge in [0.25, 0.3) is 5.91 Å². The number of hydrogen-bond donors (Lipinski definition) is 1. The summed E-state index contributed by atoms with van der Waals surface area (Å²) in [5.74, 6) is 2.44. The molecule has 7 heteroatoms. The second-order valence-electron chi connectivity index (χ2n) is 7.29. The molecule has 0 aliphatic rings. The van der Waals surface area contributed by atoms with Crippen LogP contribution in [0.4, 0.5) is 5.69 Å². The Morgan fingerprint density at radius 2 is 1.70 bits per heavy atom. The van der Waals surface area contributed by atoms with Crippen molar-refractivity contribution in [2.45, 2.75) is 0 Å². The molecule has 5 rings (SSSR count). The van der Waals surface area contributed by atoms with Crippen LogP contribution in [0.15, 0.2) is 83.6 Å². The summed E-state index contributed by atoms with van der Waals surface area (Å²) in [7, 11) is 3.18. The van der Waals surface area contributed by atoms with E-state index in [1.54, 1.807) is 38.6 Å². The van der Waals surface area contributed by atoms with Crippen LogP contribution in [0.3, 0.4) is 0 Å². The van der Waals surface area contributed by atoms with Crippen LogP contribution in [0.1, 0.15) is 10.6 Å². The van der Waals surface area contributed by atoms with Crippen LogP contribution < -0.4 is 19.5 Å². The maximum atomic E-state index is 12.3. The Morgan fingerprint density at radius 3 is 2.48 bits per heavy atom. The SMILES string of the molecule is COc1cc2nccc(Oc3ccc4ccc(NC(=O)c5ccco5)cc4c3)c2cc1OC. The molecule has 0 saturated heterocycles. The van der Waals surface area contributed by atoms with E-state index in [0.717, 1.165) is 21.7 Å². The Balaban J connectivity index is 1.46. The van der Waals surface area contributed by atoms with Crippen LogP contribution in [0, 0.1) is 0 Å². The number of rotatable bonds is 6. The van der Waals surface area contributed by atoms with Crippen molar-refractivity contribution in [2.24, 2.45) is 0 Å². The van der Waals surface area contributed by atoms with Gasteiger partial charge in [-0.05, 0) is 59.3 Å². The number of pyridine rings is 1. The van der Waals surface area contributed by atoms with E-state index < -0.39 is 0 Å². The molecular formula is C26H20N2O5. The number of anilines is 1. The zero-order valence-corrected chi connectivity index (χ0v) is 18.0. The highest BCUT2D eigenvalue weighted by Crippen LogP contribution is 2.37. The van der Waals surface area contributed by atoms with Gasteiger partial charge in [-0.3, -0.25) is 9.78 Å². The fraction of sp³-hybridized carbons (Fsp3) is 0.0769. The molecular weight excluding hydrogens is 420 g/mol. The average molecular weight is 440 g/mol. The van der Waals surface area contributed by atoms with Crippen molar-refractivity contribution in [3.8, 4) is 23.0 Å². The predicted molar refractivity (Wildman–Crippen MR) is 126 cm³/mol. The minimum absolute atomic E-state index is 0.254. The molecule has 0 aliphatic carbocycles. The van der Waals surface area contributed by atoms with Gasteiger partial charge in [-0.15, -0.1) is 0 Å². The molecule has 33 heavy (non-hydrogen) atoms. The number of methoxy groups -OCH3 is 2. The fourth-order valence-corrected chi connectivity index (χ4v) is 3.63. The molecule has 2 aromatic heterocycles.